The highest BCUT2D eigenvalue weighted by Crippen LogP contribution is 2.18. The van der Waals surface area contributed by atoms with E-state index in [-0.39, 0.29) is 5.91 Å². The van der Waals surface area contributed by atoms with Crippen molar-refractivity contribution in [3.8, 4) is 0 Å². The number of carboxylic acid groups (broad SMARTS) is 1. The average Bonchev–Trinajstić information content (AvgIpc) is 2.69. The molecule has 0 unspecified atom stereocenters. The molecule has 0 aliphatic carbocycles. The molecular weight excluding hydrogens is 342 g/mol. The van der Waals surface area contributed by atoms with Gasteiger partial charge in [-0.15, -0.1) is 0 Å². The van der Waals surface area contributed by atoms with Crippen LogP contribution >= 0.6 is 0 Å². The predicted molar refractivity (Wildman–Crippen MR) is 104 cm³/mol. The summed E-state index contributed by atoms with van der Waals surface area (Å²) in [6, 6.07) is 12.0. The highest BCUT2D eigenvalue weighted by Gasteiger charge is 2.22. The highest BCUT2D eigenvalue weighted by molar-refractivity contribution is 5.94. The summed E-state index contributed by atoms with van der Waals surface area (Å²) < 4.78 is 0. The van der Waals surface area contributed by atoms with E-state index in [4.69, 9.17) is 0 Å². The highest BCUT2D eigenvalue weighted by atomic mass is 16.4. The van der Waals surface area contributed by atoms with E-state index in [1.807, 2.05) is 35.2 Å². The summed E-state index contributed by atoms with van der Waals surface area (Å²) >= 11 is 0. The first-order valence-electron chi connectivity index (χ1n) is 9.31. The second kappa shape index (κ2) is 8.66. The van der Waals surface area contributed by atoms with Crippen molar-refractivity contribution in [1.29, 1.82) is 0 Å². The minimum atomic E-state index is -0.941. The SMILES string of the molecule is CC1CCN(C(=O)c2ccc(N[C@@H](Cc3ccccc3)C(=O)O)nc2)CC1. The molecule has 1 aromatic heterocycles. The van der Waals surface area contributed by atoms with E-state index < -0.39 is 12.0 Å². The number of pyridine rings is 1. The van der Waals surface area contributed by atoms with Crippen molar-refractivity contribution in [2.24, 2.45) is 5.92 Å². The lowest BCUT2D eigenvalue weighted by atomic mass is 9.99. The molecule has 1 amide bonds. The second-order valence-electron chi connectivity index (χ2n) is 7.13. The van der Waals surface area contributed by atoms with Crippen LogP contribution in [-0.4, -0.2) is 46.0 Å². The van der Waals surface area contributed by atoms with Gasteiger partial charge in [-0.1, -0.05) is 37.3 Å². The van der Waals surface area contributed by atoms with Gasteiger partial charge in [0.25, 0.3) is 5.91 Å². The summed E-state index contributed by atoms with van der Waals surface area (Å²) in [6.07, 6.45) is 3.92. The number of hydrogen-bond donors (Lipinski definition) is 2. The molecule has 6 nitrogen and oxygen atoms in total. The fourth-order valence-electron chi connectivity index (χ4n) is 3.23. The number of carbonyl (C=O) groups is 2. The number of carboxylic acids is 1. The van der Waals surface area contributed by atoms with Crippen LogP contribution in [0.5, 0.6) is 0 Å². The van der Waals surface area contributed by atoms with Crippen LogP contribution in [0.15, 0.2) is 48.7 Å². The van der Waals surface area contributed by atoms with Gasteiger partial charge >= 0.3 is 5.97 Å². The van der Waals surface area contributed by atoms with E-state index in [0.29, 0.717) is 23.7 Å². The van der Waals surface area contributed by atoms with E-state index in [1.165, 1.54) is 6.20 Å². The van der Waals surface area contributed by atoms with Gasteiger partial charge in [-0.3, -0.25) is 4.79 Å². The Morgan fingerprint density at radius 2 is 1.89 bits per heavy atom. The molecule has 1 saturated heterocycles. The maximum absolute atomic E-state index is 12.6. The fourth-order valence-corrected chi connectivity index (χ4v) is 3.23. The van der Waals surface area contributed by atoms with Gasteiger partial charge < -0.3 is 15.3 Å². The van der Waals surface area contributed by atoms with Crippen LogP contribution in [0.25, 0.3) is 0 Å². The number of aliphatic carboxylic acids is 1. The maximum atomic E-state index is 12.6. The number of nitrogens with zero attached hydrogens (tertiary/aromatic N) is 2. The number of anilines is 1. The molecule has 0 saturated carbocycles. The van der Waals surface area contributed by atoms with Gasteiger partial charge in [0.15, 0.2) is 0 Å². The molecule has 0 bridgehead atoms. The van der Waals surface area contributed by atoms with E-state index in [2.05, 4.69) is 17.2 Å². The first-order valence-corrected chi connectivity index (χ1v) is 9.31. The zero-order chi connectivity index (χ0) is 19.2. The Morgan fingerprint density at radius 1 is 1.19 bits per heavy atom. The smallest absolute Gasteiger partial charge is 0.326 e. The summed E-state index contributed by atoms with van der Waals surface area (Å²) in [5, 5.41) is 12.4. The third kappa shape index (κ3) is 5.06. The van der Waals surface area contributed by atoms with Crippen LogP contribution < -0.4 is 5.32 Å². The molecule has 3 rings (SSSR count). The first kappa shape index (κ1) is 18.9. The lowest BCUT2D eigenvalue weighted by Crippen LogP contribution is -2.38. The third-order valence-corrected chi connectivity index (χ3v) is 4.98. The molecule has 2 heterocycles. The number of benzene rings is 1. The zero-order valence-corrected chi connectivity index (χ0v) is 15.5. The van der Waals surface area contributed by atoms with Gasteiger partial charge in [-0.2, -0.15) is 0 Å². The van der Waals surface area contributed by atoms with Crippen molar-refractivity contribution in [1.82, 2.24) is 9.88 Å². The summed E-state index contributed by atoms with van der Waals surface area (Å²) in [6.45, 7) is 3.76. The molecule has 2 N–H and O–H groups in total. The summed E-state index contributed by atoms with van der Waals surface area (Å²) in [5.41, 5.74) is 1.47. The Balaban J connectivity index is 1.63. The minimum absolute atomic E-state index is 0.0139. The molecule has 0 spiro atoms. The Morgan fingerprint density at radius 3 is 2.48 bits per heavy atom. The van der Waals surface area contributed by atoms with E-state index in [9.17, 15) is 14.7 Å². The van der Waals surface area contributed by atoms with Gasteiger partial charge in [0.05, 0.1) is 5.56 Å². The largest absolute Gasteiger partial charge is 0.480 e. The van der Waals surface area contributed by atoms with Crippen LogP contribution in [0.4, 0.5) is 5.82 Å². The monoisotopic (exact) mass is 367 g/mol. The van der Waals surface area contributed by atoms with Crippen LogP contribution in [-0.2, 0) is 11.2 Å². The molecule has 27 heavy (non-hydrogen) atoms. The normalized spacial score (nSPS) is 16.0. The summed E-state index contributed by atoms with van der Waals surface area (Å²) in [4.78, 5) is 30.2. The summed E-state index contributed by atoms with van der Waals surface area (Å²) in [7, 11) is 0. The number of carbonyl (C=O) groups excluding carboxylic acids is 1. The minimum Gasteiger partial charge on any atom is -0.480 e. The van der Waals surface area contributed by atoms with Gasteiger partial charge in [0.1, 0.15) is 11.9 Å². The molecular formula is C21H25N3O3. The number of likely N-dealkylation sites (tertiary alicyclic amines) is 1. The molecule has 142 valence electrons. The first-order chi connectivity index (χ1) is 13.0. The number of rotatable bonds is 6. The Kier molecular flexibility index (Phi) is 6.06. The number of amides is 1. The van der Waals surface area contributed by atoms with Gasteiger partial charge in [-0.05, 0) is 36.5 Å². The average molecular weight is 367 g/mol. The molecule has 0 radical (unpaired) electrons. The lowest BCUT2D eigenvalue weighted by Gasteiger charge is -2.30. The Hall–Kier alpha value is -2.89. The van der Waals surface area contributed by atoms with Gasteiger partial charge in [-0.25, -0.2) is 9.78 Å². The number of hydrogen-bond acceptors (Lipinski definition) is 4. The van der Waals surface area contributed by atoms with Gasteiger partial charge in [0, 0.05) is 25.7 Å². The number of piperidine rings is 1. The Labute approximate surface area is 159 Å². The second-order valence-corrected chi connectivity index (χ2v) is 7.13. The maximum Gasteiger partial charge on any atom is 0.326 e. The van der Waals surface area contributed by atoms with Crippen molar-refractivity contribution in [2.45, 2.75) is 32.2 Å². The zero-order valence-electron chi connectivity index (χ0n) is 15.5. The predicted octanol–water partition coefficient (Wildman–Crippen LogP) is 3.06. The standard InChI is InChI=1S/C21H25N3O3/c1-15-9-11-24(12-10-15)20(25)17-7-8-19(22-14-17)23-18(21(26)27)13-16-5-3-2-4-6-16/h2-8,14-15,18H,9-13H2,1H3,(H,22,23)(H,26,27)/t18-/m0/s1. The molecule has 1 aromatic carbocycles. The Bertz CT molecular complexity index is 769. The van der Waals surface area contributed by atoms with Crippen LogP contribution in [0, 0.1) is 5.92 Å². The molecule has 1 fully saturated rings. The molecule has 1 atom stereocenters. The van der Waals surface area contributed by atoms with Crippen molar-refractivity contribution in [3.63, 3.8) is 0 Å². The van der Waals surface area contributed by atoms with Crippen LogP contribution in [0.1, 0.15) is 35.7 Å². The van der Waals surface area contributed by atoms with Crippen molar-refractivity contribution in [2.75, 3.05) is 18.4 Å². The number of nitrogens with one attached hydrogen (secondary N) is 1. The third-order valence-electron chi connectivity index (χ3n) is 4.98. The van der Waals surface area contributed by atoms with Crippen molar-refractivity contribution >= 4 is 17.7 Å². The molecule has 6 heteroatoms. The molecule has 1 aliphatic rings. The topological polar surface area (TPSA) is 82.5 Å². The van der Waals surface area contributed by atoms with Crippen LogP contribution in [0.3, 0.4) is 0 Å². The lowest BCUT2D eigenvalue weighted by molar-refractivity contribution is -0.137. The fraction of sp³-hybridized carbons (Fsp3) is 0.381. The molecule has 2 aromatic rings. The van der Waals surface area contributed by atoms with Crippen molar-refractivity contribution < 1.29 is 14.7 Å². The van der Waals surface area contributed by atoms with E-state index in [1.54, 1.807) is 12.1 Å². The quantitative estimate of drug-likeness (QED) is 0.820. The van der Waals surface area contributed by atoms with E-state index in [0.717, 1.165) is 31.5 Å². The van der Waals surface area contributed by atoms with Crippen LogP contribution in [0.2, 0.25) is 0 Å². The summed E-state index contributed by atoms with van der Waals surface area (Å²) in [5.74, 6) is 0.154. The van der Waals surface area contributed by atoms with Gasteiger partial charge in [0.2, 0.25) is 0 Å². The van der Waals surface area contributed by atoms with Crippen molar-refractivity contribution in [3.05, 3.63) is 59.8 Å². The number of aromatic nitrogens is 1. The molecule has 1 aliphatic heterocycles. The van der Waals surface area contributed by atoms with E-state index >= 15 is 0 Å².